The first-order chi connectivity index (χ1) is 10.3. The number of carbonyl (C=O) groups excluding carboxylic acids is 1. The lowest BCUT2D eigenvalue weighted by Crippen LogP contribution is -2.48. The topological polar surface area (TPSA) is 59.6 Å². The van der Waals surface area contributed by atoms with E-state index in [4.69, 9.17) is 9.47 Å². The molecule has 3 atom stereocenters. The average Bonchev–Trinajstić information content (AvgIpc) is 3.04. The van der Waals surface area contributed by atoms with Crippen molar-refractivity contribution in [2.75, 3.05) is 32.9 Å². The fraction of sp³-hybridized carbons (Fsp3) is 0.938. The molecular weight excluding hydrogens is 268 g/mol. The molecule has 5 heteroatoms. The third-order valence-electron chi connectivity index (χ3n) is 4.50. The molecule has 0 saturated carbocycles. The Bertz CT molecular complexity index is 306. The van der Waals surface area contributed by atoms with E-state index in [2.05, 4.69) is 17.6 Å². The highest BCUT2D eigenvalue weighted by Gasteiger charge is 2.25. The van der Waals surface area contributed by atoms with E-state index < -0.39 is 0 Å². The normalized spacial score (nSPS) is 29.5. The van der Waals surface area contributed by atoms with Crippen LogP contribution < -0.4 is 10.6 Å². The van der Waals surface area contributed by atoms with Crippen LogP contribution in [0.25, 0.3) is 0 Å². The third kappa shape index (κ3) is 5.93. The molecule has 2 aliphatic rings. The fourth-order valence-corrected chi connectivity index (χ4v) is 3.07. The predicted molar refractivity (Wildman–Crippen MR) is 82.2 cm³/mol. The first kappa shape index (κ1) is 16.7. The standard InChI is InChI=1S/C16H30N2O3/c1-2-13-6-8-17-15(11-13)16(19)18-7-4-9-20-12-14-5-3-10-21-14/h13-15,17H,2-12H2,1H3,(H,18,19). The lowest BCUT2D eigenvalue weighted by atomic mass is 9.90. The summed E-state index contributed by atoms with van der Waals surface area (Å²) in [5.41, 5.74) is 0. The molecule has 3 unspecified atom stereocenters. The third-order valence-corrected chi connectivity index (χ3v) is 4.50. The van der Waals surface area contributed by atoms with Crippen molar-refractivity contribution in [2.45, 2.75) is 57.6 Å². The molecule has 0 radical (unpaired) electrons. The lowest BCUT2D eigenvalue weighted by Gasteiger charge is -2.28. The van der Waals surface area contributed by atoms with Crippen LogP contribution in [0.4, 0.5) is 0 Å². The Morgan fingerprint density at radius 1 is 1.43 bits per heavy atom. The second kappa shape index (κ2) is 9.38. The van der Waals surface area contributed by atoms with Gasteiger partial charge >= 0.3 is 0 Å². The summed E-state index contributed by atoms with van der Waals surface area (Å²) in [5.74, 6) is 0.837. The van der Waals surface area contributed by atoms with Crippen LogP contribution >= 0.6 is 0 Å². The molecule has 0 aliphatic carbocycles. The molecule has 0 aromatic carbocycles. The molecule has 0 aromatic rings. The Labute approximate surface area is 128 Å². The molecule has 1 amide bonds. The van der Waals surface area contributed by atoms with Crippen LogP contribution in [0.2, 0.25) is 0 Å². The molecular formula is C16H30N2O3. The Morgan fingerprint density at radius 3 is 3.10 bits per heavy atom. The number of hydrogen-bond donors (Lipinski definition) is 2. The van der Waals surface area contributed by atoms with Crippen molar-refractivity contribution < 1.29 is 14.3 Å². The SMILES string of the molecule is CCC1CCNC(C(=O)NCCCOCC2CCCO2)C1. The average molecular weight is 298 g/mol. The summed E-state index contributed by atoms with van der Waals surface area (Å²) in [7, 11) is 0. The minimum atomic E-state index is -0.00323. The van der Waals surface area contributed by atoms with E-state index in [1.807, 2.05) is 0 Å². The van der Waals surface area contributed by atoms with Crippen LogP contribution in [0.5, 0.6) is 0 Å². The van der Waals surface area contributed by atoms with Crippen LogP contribution in [0.1, 0.15) is 45.4 Å². The first-order valence-electron chi connectivity index (χ1n) is 8.50. The number of ether oxygens (including phenoxy) is 2. The van der Waals surface area contributed by atoms with Crippen molar-refractivity contribution in [1.29, 1.82) is 0 Å². The monoisotopic (exact) mass is 298 g/mol. The highest BCUT2D eigenvalue weighted by atomic mass is 16.5. The summed E-state index contributed by atoms with van der Waals surface area (Å²) in [6, 6.07) is -0.00323. The van der Waals surface area contributed by atoms with Crippen LogP contribution in [0.15, 0.2) is 0 Å². The second-order valence-electron chi connectivity index (χ2n) is 6.16. The van der Waals surface area contributed by atoms with Gasteiger partial charge in [0.1, 0.15) is 0 Å². The van der Waals surface area contributed by atoms with E-state index >= 15 is 0 Å². The number of piperidine rings is 1. The van der Waals surface area contributed by atoms with Crippen LogP contribution in [0.3, 0.4) is 0 Å². The van der Waals surface area contributed by atoms with Gasteiger partial charge in [0, 0.05) is 19.8 Å². The van der Waals surface area contributed by atoms with E-state index in [1.54, 1.807) is 0 Å². The molecule has 0 bridgehead atoms. The molecule has 2 saturated heterocycles. The van der Waals surface area contributed by atoms with E-state index in [9.17, 15) is 4.79 Å². The van der Waals surface area contributed by atoms with Gasteiger partial charge in [-0.2, -0.15) is 0 Å². The molecule has 0 spiro atoms. The van der Waals surface area contributed by atoms with Gasteiger partial charge in [0.15, 0.2) is 0 Å². The Morgan fingerprint density at radius 2 is 2.33 bits per heavy atom. The number of amides is 1. The molecule has 2 fully saturated rings. The molecule has 2 N–H and O–H groups in total. The predicted octanol–water partition coefficient (Wildman–Crippen LogP) is 1.47. The van der Waals surface area contributed by atoms with E-state index in [0.29, 0.717) is 25.7 Å². The zero-order valence-electron chi connectivity index (χ0n) is 13.2. The molecule has 5 nitrogen and oxygen atoms in total. The van der Waals surface area contributed by atoms with Gasteiger partial charge in [0.05, 0.1) is 18.8 Å². The van der Waals surface area contributed by atoms with Crippen molar-refractivity contribution in [3.05, 3.63) is 0 Å². The maximum absolute atomic E-state index is 12.1. The van der Waals surface area contributed by atoms with Crippen molar-refractivity contribution in [3.8, 4) is 0 Å². The molecule has 2 rings (SSSR count). The zero-order chi connectivity index (χ0) is 14.9. The van der Waals surface area contributed by atoms with Crippen LogP contribution in [0, 0.1) is 5.92 Å². The fourth-order valence-electron chi connectivity index (χ4n) is 3.07. The number of nitrogens with one attached hydrogen (secondary N) is 2. The number of rotatable bonds is 8. The largest absolute Gasteiger partial charge is 0.379 e. The van der Waals surface area contributed by atoms with Crippen molar-refractivity contribution in [2.24, 2.45) is 5.92 Å². The van der Waals surface area contributed by atoms with Crippen molar-refractivity contribution >= 4 is 5.91 Å². The number of hydrogen-bond acceptors (Lipinski definition) is 4. The van der Waals surface area contributed by atoms with Gasteiger partial charge < -0.3 is 20.1 Å². The van der Waals surface area contributed by atoms with Gasteiger partial charge in [-0.25, -0.2) is 0 Å². The van der Waals surface area contributed by atoms with E-state index in [1.165, 1.54) is 12.8 Å². The quantitative estimate of drug-likeness (QED) is 0.666. The minimum Gasteiger partial charge on any atom is -0.379 e. The highest BCUT2D eigenvalue weighted by Crippen LogP contribution is 2.19. The van der Waals surface area contributed by atoms with Crippen molar-refractivity contribution in [3.63, 3.8) is 0 Å². The summed E-state index contributed by atoms with van der Waals surface area (Å²) < 4.78 is 11.1. The molecule has 21 heavy (non-hydrogen) atoms. The summed E-state index contributed by atoms with van der Waals surface area (Å²) in [6.07, 6.45) is 6.75. The Balaban J connectivity index is 1.48. The molecule has 2 aliphatic heterocycles. The molecule has 0 aromatic heterocycles. The van der Waals surface area contributed by atoms with Crippen molar-refractivity contribution in [1.82, 2.24) is 10.6 Å². The smallest absolute Gasteiger partial charge is 0.237 e. The van der Waals surface area contributed by atoms with E-state index in [0.717, 1.165) is 38.8 Å². The summed E-state index contributed by atoms with van der Waals surface area (Å²) in [4.78, 5) is 12.1. The number of carbonyl (C=O) groups is 1. The van der Waals surface area contributed by atoms with Crippen LogP contribution in [-0.4, -0.2) is 51.0 Å². The van der Waals surface area contributed by atoms with Crippen LogP contribution in [-0.2, 0) is 14.3 Å². The van der Waals surface area contributed by atoms with Gasteiger partial charge in [-0.15, -0.1) is 0 Å². The molecule has 122 valence electrons. The first-order valence-corrected chi connectivity index (χ1v) is 8.50. The van der Waals surface area contributed by atoms with E-state index in [-0.39, 0.29) is 18.1 Å². The zero-order valence-corrected chi connectivity index (χ0v) is 13.2. The van der Waals surface area contributed by atoms with Gasteiger partial charge in [-0.3, -0.25) is 4.79 Å². The van der Waals surface area contributed by atoms with Gasteiger partial charge in [0.2, 0.25) is 5.91 Å². The summed E-state index contributed by atoms with van der Waals surface area (Å²) >= 11 is 0. The van der Waals surface area contributed by atoms with Gasteiger partial charge in [-0.05, 0) is 44.6 Å². The summed E-state index contributed by atoms with van der Waals surface area (Å²) in [5, 5.41) is 6.33. The minimum absolute atomic E-state index is 0.00323. The Kier molecular flexibility index (Phi) is 7.47. The maximum atomic E-state index is 12.1. The van der Waals surface area contributed by atoms with Gasteiger partial charge in [0.25, 0.3) is 0 Å². The van der Waals surface area contributed by atoms with Gasteiger partial charge in [-0.1, -0.05) is 13.3 Å². The summed E-state index contributed by atoms with van der Waals surface area (Å²) in [6.45, 7) is 6.11. The highest BCUT2D eigenvalue weighted by molar-refractivity contribution is 5.81. The molecule has 2 heterocycles. The maximum Gasteiger partial charge on any atom is 0.237 e. The Hall–Kier alpha value is -0.650. The lowest BCUT2D eigenvalue weighted by molar-refractivity contribution is -0.124. The second-order valence-corrected chi connectivity index (χ2v) is 6.16.